The minimum absolute atomic E-state index is 0.0886. The fraction of sp³-hybridized carbons (Fsp3) is 0.412. The average Bonchev–Trinajstić information content (AvgIpc) is 2.54. The molecular formula is C17H23NO3. The monoisotopic (exact) mass is 289 g/mol. The zero-order valence-electron chi connectivity index (χ0n) is 12.5. The van der Waals surface area contributed by atoms with Gasteiger partial charge in [0.25, 0.3) is 0 Å². The highest BCUT2D eigenvalue weighted by atomic mass is 16.5. The van der Waals surface area contributed by atoms with Gasteiger partial charge in [-0.2, -0.15) is 0 Å². The lowest BCUT2D eigenvalue weighted by Gasteiger charge is -2.11. The molecule has 2 rings (SSSR count). The minimum atomic E-state index is 0.0886. The van der Waals surface area contributed by atoms with Crippen molar-refractivity contribution in [1.82, 2.24) is 5.32 Å². The molecule has 0 atom stereocenters. The number of methoxy groups -OCH3 is 1. The number of ether oxygens (including phenoxy) is 2. The molecule has 21 heavy (non-hydrogen) atoms. The molecule has 0 spiro atoms. The number of nitrogens with one attached hydrogen (secondary N) is 1. The van der Waals surface area contributed by atoms with Gasteiger partial charge in [-0.15, -0.1) is 0 Å². The van der Waals surface area contributed by atoms with Crippen molar-refractivity contribution in [2.45, 2.75) is 13.0 Å². The van der Waals surface area contributed by atoms with Gasteiger partial charge in [-0.1, -0.05) is 30.3 Å². The Balaban J connectivity index is 1.90. The van der Waals surface area contributed by atoms with Crippen LogP contribution in [0.2, 0.25) is 0 Å². The number of fused-ring (bicyclic) bond motifs is 1. The van der Waals surface area contributed by atoms with Crippen molar-refractivity contribution in [1.29, 1.82) is 0 Å². The van der Waals surface area contributed by atoms with Crippen molar-refractivity contribution in [2.75, 3.05) is 33.5 Å². The second kappa shape index (κ2) is 8.62. The van der Waals surface area contributed by atoms with Crippen LogP contribution < -0.4 is 10.1 Å². The maximum Gasteiger partial charge on any atom is 0.126 e. The van der Waals surface area contributed by atoms with E-state index in [4.69, 9.17) is 14.6 Å². The second-order valence-corrected chi connectivity index (χ2v) is 4.84. The number of aliphatic hydroxyl groups is 1. The molecule has 0 aliphatic carbocycles. The van der Waals surface area contributed by atoms with E-state index in [2.05, 4.69) is 23.5 Å². The fourth-order valence-corrected chi connectivity index (χ4v) is 2.35. The Morgan fingerprint density at radius 2 is 1.86 bits per heavy atom. The average molecular weight is 289 g/mol. The van der Waals surface area contributed by atoms with E-state index in [1.165, 1.54) is 10.9 Å². The van der Waals surface area contributed by atoms with Crippen LogP contribution in [0.3, 0.4) is 0 Å². The van der Waals surface area contributed by atoms with E-state index in [0.717, 1.165) is 30.6 Å². The topological polar surface area (TPSA) is 50.7 Å². The Morgan fingerprint density at radius 3 is 2.62 bits per heavy atom. The molecule has 0 saturated carbocycles. The molecule has 0 radical (unpaired) electrons. The van der Waals surface area contributed by atoms with Crippen LogP contribution in [-0.2, 0) is 11.3 Å². The van der Waals surface area contributed by atoms with Gasteiger partial charge in [-0.3, -0.25) is 0 Å². The first kappa shape index (κ1) is 15.8. The molecule has 0 aliphatic heterocycles. The molecule has 0 heterocycles. The molecule has 4 nitrogen and oxygen atoms in total. The van der Waals surface area contributed by atoms with Gasteiger partial charge in [-0.05, 0) is 30.0 Å². The molecule has 0 fully saturated rings. The Bertz CT molecular complexity index is 557. The molecule has 2 aromatic rings. The summed E-state index contributed by atoms with van der Waals surface area (Å²) in [5.74, 6) is 0.909. The first-order valence-corrected chi connectivity index (χ1v) is 7.30. The Labute approximate surface area is 125 Å². The van der Waals surface area contributed by atoms with E-state index < -0.39 is 0 Å². The Morgan fingerprint density at radius 1 is 1.05 bits per heavy atom. The maximum absolute atomic E-state index is 8.61. The standard InChI is InChI=1S/C17H23NO3/c1-20-17-8-7-14(15-5-2-3-6-16(15)17)13-18-9-4-11-21-12-10-19/h2-3,5-8,18-19H,4,9-13H2,1H3. The quantitative estimate of drug-likeness (QED) is 0.696. The summed E-state index contributed by atoms with van der Waals surface area (Å²) in [5, 5.41) is 14.4. The van der Waals surface area contributed by atoms with E-state index in [9.17, 15) is 0 Å². The maximum atomic E-state index is 8.61. The van der Waals surface area contributed by atoms with Gasteiger partial charge < -0.3 is 19.9 Å². The van der Waals surface area contributed by atoms with Crippen LogP contribution in [0.4, 0.5) is 0 Å². The lowest BCUT2D eigenvalue weighted by atomic mass is 10.0. The van der Waals surface area contributed by atoms with Crippen molar-refractivity contribution >= 4 is 10.8 Å². The highest BCUT2D eigenvalue weighted by Crippen LogP contribution is 2.28. The molecule has 0 unspecified atom stereocenters. The number of hydrogen-bond donors (Lipinski definition) is 2. The molecule has 4 heteroatoms. The summed E-state index contributed by atoms with van der Waals surface area (Å²) in [6.45, 7) is 2.90. The molecule has 2 aromatic carbocycles. The second-order valence-electron chi connectivity index (χ2n) is 4.84. The van der Waals surface area contributed by atoms with Gasteiger partial charge in [0.05, 0.1) is 20.3 Å². The predicted molar refractivity (Wildman–Crippen MR) is 84.7 cm³/mol. The summed E-state index contributed by atoms with van der Waals surface area (Å²) in [4.78, 5) is 0. The smallest absolute Gasteiger partial charge is 0.126 e. The molecule has 0 aliphatic rings. The van der Waals surface area contributed by atoms with E-state index >= 15 is 0 Å². The lowest BCUT2D eigenvalue weighted by Crippen LogP contribution is -2.17. The molecule has 0 aromatic heterocycles. The summed E-state index contributed by atoms with van der Waals surface area (Å²) >= 11 is 0. The van der Waals surface area contributed by atoms with E-state index in [1.807, 2.05) is 18.2 Å². The van der Waals surface area contributed by atoms with E-state index in [1.54, 1.807) is 7.11 Å². The summed E-state index contributed by atoms with van der Waals surface area (Å²) < 4.78 is 10.6. The van der Waals surface area contributed by atoms with Crippen molar-refractivity contribution in [3.63, 3.8) is 0 Å². The van der Waals surface area contributed by atoms with Gasteiger partial charge in [0.2, 0.25) is 0 Å². The van der Waals surface area contributed by atoms with Crippen LogP contribution in [-0.4, -0.2) is 38.6 Å². The van der Waals surface area contributed by atoms with Crippen molar-refractivity contribution in [3.05, 3.63) is 42.0 Å². The van der Waals surface area contributed by atoms with Crippen LogP contribution in [0.25, 0.3) is 10.8 Å². The van der Waals surface area contributed by atoms with Crippen LogP contribution in [0.1, 0.15) is 12.0 Å². The number of benzene rings is 2. The third-order valence-corrected chi connectivity index (χ3v) is 3.39. The summed E-state index contributed by atoms with van der Waals surface area (Å²) in [6, 6.07) is 12.4. The minimum Gasteiger partial charge on any atom is -0.496 e. The van der Waals surface area contributed by atoms with Gasteiger partial charge in [0.15, 0.2) is 0 Å². The predicted octanol–water partition coefficient (Wildman–Crippen LogP) is 2.34. The molecular weight excluding hydrogens is 266 g/mol. The van der Waals surface area contributed by atoms with Crippen LogP contribution in [0, 0.1) is 0 Å². The molecule has 0 saturated heterocycles. The molecule has 0 amide bonds. The van der Waals surface area contributed by atoms with Gasteiger partial charge in [-0.25, -0.2) is 0 Å². The number of hydrogen-bond acceptors (Lipinski definition) is 4. The molecule has 114 valence electrons. The number of rotatable bonds is 9. The van der Waals surface area contributed by atoms with Crippen LogP contribution in [0.5, 0.6) is 5.75 Å². The summed E-state index contributed by atoms with van der Waals surface area (Å²) in [5.41, 5.74) is 1.27. The van der Waals surface area contributed by atoms with Crippen molar-refractivity contribution in [3.8, 4) is 5.75 Å². The highest BCUT2D eigenvalue weighted by molar-refractivity contribution is 5.91. The van der Waals surface area contributed by atoms with E-state index in [-0.39, 0.29) is 6.61 Å². The SMILES string of the molecule is COc1ccc(CNCCCOCCO)c2ccccc12. The first-order chi connectivity index (χ1) is 10.4. The zero-order chi connectivity index (χ0) is 14.9. The first-order valence-electron chi connectivity index (χ1n) is 7.30. The number of aliphatic hydroxyl groups excluding tert-OH is 1. The third-order valence-electron chi connectivity index (χ3n) is 3.39. The van der Waals surface area contributed by atoms with Crippen molar-refractivity contribution < 1.29 is 14.6 Å². The normalized spacial score (nSPS) is 11.0. The largest absolute Gasteiger partial charge is 0.496 e. The summed E-state index contributed by atoms with van der Waals surface area (Å²) in [7, 11) is 1.70. The fourth-order valence-electron chi connectivity index (χ4n) is 2.35. The lowest BCUT2D eigenvalue weighted by molar-refractivity contribution is 0.0907. The van der Waals surface area contributed by atoms with Crippen LogP contribution >= 0.6 is 0 Å². The highest BCUT2D eigenvalue weighted by Gasteiger charge is 2.05. The van der Waals surface area contributed by atoms with E-state index in [0.29, 0.717) is 13.2 Å². The Hall–Kier alpha value is -1.62. The van der Waals surface area contributed by atoms with Crippen molar-refractivity contribution in [2.24, 2.45) is 0 Å². The Kier molecular flexibility index (Phi) is 6.47. The van der Waals surface area contributed by atoms with Gasteiger partial charge in [0, 0.05) is 18.5 Å². The third kappa shape index (κ3) is 4.43. The summed E-state index contributed by atoms with van der Waals surface area (Å²) in [6.07, 6.45) is 0.939. The molecule has 2 N–H and O–H groups in total. The van der Waals surface area contributed by atoms with Gasteiger partial charge >= 0.3 is 0 Å². The van der Waals surface area contributed by atoms with Gasteiger partial charge in [0.1, 0.15) is 5.75 Å². The zero-order valence-corrected chi connectivity index (χ0v) is 12.5. The van der Waals surface area contributed by atoms with Crippen LogP contribution in [0.15, 0.2) is 36.4 Å². The molecule has 0 bridgehead atoms.